The summed E-state index contributed by atoms with van der Waals surface area (Å²) in [7, 11) is 0. The smallest absolute Gasteiger partial charge is 0.129 e. The summed E-state index contributed by atoms with van der Waals surface area (Å²) in [5.41, 5.74) is 1.24. The summed E-state index contributed by atoms with van der Waals surface area (Å²) in [5, 5.41) is 9.91. The second kappa shape index (κ2) is 4.91. The Bertz CT molecular complexity index is 286. The van der Waals surface area contributed by atoms with Gasteiger partial charge in [0, 0.05) is 5.75 Å². The fourth-order valence-corrected chi connectivity index (χ4v) is 2.03. The van der Waals surface area contributed by atoms with Crippen LogP contribution in [0.2, 0.25) is 0 Å². The molecule has 0 aliphatic carbocycles. The van der Waals surface area contributed by atoms with Gasteiger partial charge in [-0.05, 0) is 38.9 Å². The maximum Gasteiger partial charge on any atom is 0.129 e. The van der Waals surface area contributed by atoms with Crippen molar-refractivity contribution < 1.29 is 5.11 Å². The van der Waals surface area contributed by atoms with Gasteiger partial charge in [0.2, 0.25) is 0 Å². The number of thioether (sulfide) groups is 1. The van der Waals surface area contributed by atoms with Crippen molar-refractivity contribution in [1.82, 2.24) is 0 Å². The maximum absolute atomic E-state index is 9.27. The summed E-state index contributed by atoms with van der Waals surface area (Å²) in [6.45, 7) is 4.36. The van der Waals surface area contributed by atoms with Crippen LogP contribution < -0.4 is 0 Å². The molecular weight excluding hydrogens is 248 g/mol. The number of phenols is 1. The molecule has 0 heterocycles. The van der Waals surface area contributed by atoms with Crippen molar-refractivity contribution in [3.8, 4) is 5.75 Å². The van der Waals surface area contributed by atoms with Gasteiger partial charge in [-0.2, -0.15) is 11.8 Å². The molecule has 0 saturated carbocycles. The molecule has 0 amide bonds. The Labute approximate surface area is 91.7 Å². The molecule has 0 aliphatic heterocycles. The first-order valence-electron chi connectivity index (χ1n) is 4.18. The molecule has 1 nitrogen and oxygen atoms in total. The molecule has 1 aromatic carbocycles. The topological polar surface area (TPSA) is 20.2 Å². The molecule has 3 heteroatoms. The highest BCUT2D eigenvalue weighted by molar-refractivity contribution is 9.10. The van der Waals surface area contributed by atoms with Gasteiger partial charge in [-0.3, -0.25) is 0 Å². The lowest BCUT2D eigenvalue weighted by Gasteiger charge is -2.05. The minimum Gasteiger partial charge on any atom is -0.507 e. The number of aromatic hydroxyl groups is 1. The minimum absolute atomic E-state index is 0.304. The molecule has 0 aliphatic rings. The number of hydrogen-bond acceptors (Lipinski definition) is 2. The molecule has 1 N–H and O–H groups in total. The van der Waals surface area contributed by atoms with Crippen LogP contribution in [0.25, 0.3) is 0 Å². The molecule has 0 atom stereocenters. The Balaban J connectivity index is 2.63. The Morgan fingerprint density at radius 3 is 2.69 bits per heavy atom. The molecule has 72 valence electrons. The van der Waals surface area contributed by atoms with E-state index >= 15 is 0 Å². The third kappa shape index (κ3) is 3.61. The first kappa shape index (κ1) is 10.9. The lowest BCUT2D eigenvalue weighted by Crippen LogP contribution is -1.88. The molecule has 0 spiro atoms. The minimum atomic E-state index is 0.304. The average Bonchev–Trinajstić information content (AvgIpc) is 2.07. The van der Waals surface area contributed by atoms with Crippen LogP contribution in [0.15, 0.2) is 22.7 Å². The monoisotopic (exact) mass is 260 g/mol. The standard InChI is InChI=1S/C10H13BrOS/c1-7(2)13-6-8-3-4-10(12)9(11)5-8/h3-5,7,12H,6H2,1-2H3. The first-order valence-corrected chi connectivity index (χ1v) is 6.03. The van der Waals surface area contributed by atoms with Gasteiger partial charge in [0.25, 0.3) is 0 Å². The second-order valence-electron chi connectivity index (χ2n) is 3.15. The van der Waals surface area contributed by atoms with Gasteiger partial charge in [-0.15, -0.1) is 0 Å². The highest BCUT2D eigenvalue weighted by Gasteiger charge is 2.00. The third-order valence-electron chi connectivity index (χ3n) is 1.60. The quantitative estimate of drug-likeness (QED) is 0.893. The van der Waals surface area contributed by atoms with Crippen LogP contribution in [-0.2, 0) is 5.75 Å². The van der Waals surface area contributed by atoms with Crippen molar-refractivity contribution in [3.63, 3.8) is 0 Å². The fraction of sp³-hybridized carbons (Fsp3) is 0.400. The van der Waals surface area contributed by atoms with E-state index in [1.165, 1.54) is 5.56 Å². The normalized spacial score (nSPS) is 10.8. The number of rotatable bonds is 3. The zero-order valence-corrected chi connectivity index (χ0v) is 10.2. The van der Waals surface area contributed by atoms with Crippen molar-refractivity contribution in [1.29, 1.82) is 0 Å². The molecule has 0 radical (unpaired) electrons. The third-order valence-corrected chi connectivity index (χ3v) is 3.40. The summed E-state index contributed by atoms with van der Waals surface area (Å²) in [5.74, 6) is 1.30. The van der Waals surface area contributed by atoms with E-state index in [1.54, 1.807) is 6.07 Å². The van der Waals surface area contributed by atoms with E-state index in [0.717, 1.165) is 10.2 Å². The molecule has 1 rings (SSSR count). The van der Waals surface area contributed by atoms with Crippen LogP contribution in [0.3, 0.4) is 0 Å². The summed E-state index contributed by atoms with van der Waals surface area (Å²) in [6.07, 6.45) is 0. The summed E-state index contributed by atoms with van der Waals surface area (Å²) < 4.78 is 0.773. The number of hydrogen-bond donors (Lipinski definition) is 1. The molecule has 0 unspecified atom stereocenters. The average molecular weight is 261 g/mol. The molecule has 1 aromatic rings. The predicted molar refractivity (Wildman–Crippen MR) is 62.2 cm³/mol. The van der Waals surface area contributed by atoms with E-state index in [9.17, 15) is 5.11 Å². The van der Waals surface area contributed by atoms with Crippen LogP contribution in [0.4, 0.5) is 0 Å². The van der Waals surface area contributed by atoms with E-state index in [1.807, 2.05) is 23.9 Å². The van der Waals surface area contributed by atoms with E-state index < -0.39 is 0 Å². The molecule has 0 fully saturated rings. The van der Waals surface area contributed by atoms with Gasteiger partial charge < -0.3 is 5.11 Å². The zero-order valence-electron chi connectivity index (χ0n) is 7.75. The SMILES string of the molecule is CC(C)SCc1ccc(O)c(Br)c1. The van der Waals surface area contributed by atoms with Gasteiger partial charge in [0.05, 0.1) is 4.47 Å². The summed E-state index contributed by atoms with van der Waals surface area (Å²) in [4.78, 5) is 0. The van der Waals surface area contributed by atoms with Crippen molar-refractivity contribution in [3.05, 3.63) is 28.2 Å². The molecular formula is C10H13BrOS. The first-order chi connectivity index (χ1) is 6.09. The second-order valence-corrected chi connectivity index (χ2v) is 5.56. The van der Waals surface area contributed by atoms with Gasteiger partial charge >= 0.3 is 0 Å². The molecule has 0 bridgehead atoms. The number of halogens is 1. The summed E-state index contributed by atoms with van der Waals surface area (Å²) >= 11 is 5.19. The molecule has 0 saturated heterocycles. The van der Waals surface area contributed by atoms with Gasteiger partial charge in [0.15, 0.2) is 0 Å². The highest BCUT2D eigenvalue weighted by atomic mass is 79.9. The van der Waals surface area contributed by atoms with Gasteiger partial charge in [-0.25, -0.2) is 0 Å². The van der Waals surface area contributed by atoms with E-state index in [4.69, 9.17) is 0 Å². The van der Waals surface area contributed by atoms with Crippen LogP contribution in [-0.4, -0.2) is 10.4 Å². The number of phenolic OH excluding ortho intramolecular Hbond substituents is 1. The van der Waals surface area contributed by atoms with Crippen molar-refractivity contribution >= 4 is 27.7 Å². The summed E-state index contributed by atoms with van der Waals surface area (Å²) in [6, 6.07) is 5.64. The van der Waals surface area contributed by atoms with E-state index in [0.29, 0.717) is 11.0 Å². The maximum atomic E-state index is 9.27. The van der Waals surface area contributed by atoms with Crippen LogP contribution in [0.1, 0.15) is 19.4 Å². The van der Waals surface area contributed by atoms with E-state index in [2.05, 4.69) is 29.8 Å². The molecule has 13 heavy (non-hydrogen) atoms. The van der Waals surface area contributed by atoms with Crippen LogP contribution >= 0.6 is 27.7 Å². The van der Waals surface area contributed by atoms with E-state index in [-0.39, 0.29) is 0 Å². The fourth-order valence-electron chi connectivity index (χ4n) is 0.903. The zero-order chi connectivity index (χ0) is 9.84. The number of benzene rings is 1. The Kier molecular flexibility index (Phi) is 4.13. The van der Waals surface area contributed by atoms with Crippen molar-refractivity contribution in [2.24, 2.45) is 0 Å². The highest BCUT2D eigenvalue weighted by Crippen LogP contribution is 2.26. The molecule has 0 aromatic heterocycles. The van der Waals surface area contributed by atoms with Gasteiger partial charge in [0.1, 0.15) is 5.75 Å². The van der Waals surface area contributed by atoms with Gasteiger partial charge in [-0.1, -0.05) is 19.9 Å². The lowest BCUT2D eigenvalue weighted by molar-refractivity contribution is 0.472. The predicted octanol–water partition coefficient (Wildman–Crippen LogP) is 3.80. The Morgan fingerprint density at radius 1 is 1.46 bits per heavy atom. The van der Waals surface area contributed by atoms with Crippen LogP contribution in [0, 0.1) is 0 Å². The lowest BCUT2D eigenvalue weighted by atomic mass is 10.2. The largest absolute Gasteiger partial charge is 0.507 e. The van der Waals surface area contributed by atoms with Crippen LogP contribution in [0.5, 0.6) is 5.75 Å². The van der Waals surface area contributed by atoms with Crippen molar-refractivity contribution in [2.45, 2.75) is 24.9 Å². The van der Waals surface area contributed by atoms with Crippen molar-refractivity contribution in [2.75, 3.05) is 0 Å². The Morgan fingerprint density at radius 2 is 2.15 bits per heavy atom. The Hall–Kier alpha value is -0.150.